The summed E-state index contributed by atoms with van der Waals surface area (Å²) in [6.45, 7) is 2.31. The van der Waals surface area contributed by atoms with Crippen molar-refractivity contribution in [3.05, 3.63) is 91.6 Å². The maximum atomic E-state index is 13.0. The molecule has 0 bridgehead atoms. The highest BCUT2D eigenvalue weighted by atomic mass is 35.5. The number of pyridine rings is 1. The molecule has 6 nitrogen and oxygen atoms in total. The molecule has 0 spiro atoms. The number of anilines is 1. The number of benzene rings is 3. The van der Waals surface area contributed by atoms with E-state index < -0.39 is 11.2 Å². The number of nitrogen functional groups attached to an aromatic ring is 1. The largest absolute Gasteiger partial charge is 0.503 e. The van der Waals surface area contributed by atoms with Crippen molar-refractivity contribution in [2.75, 3.05) is 5.73 Å². The minimum absolute atomic E-state index is 0.0882. The Labute approximate surface area is 193 Å². The van der Waals surface area contributed by atoms with Crippen molar-refractivity contribution in [2.24, 2.45) is 0 Å². The minimum atomic E-state index is -0.619. The van der Waals surface area contributed by atoms with Gasteiger partial charge < -0.3 is 21.1 Å². The molecule has 4 aromatic rings. The first-order valence-electron chi connectivity index (χ1n) is 9.73. The average Bonchev–Trinajstić information content (AvgIpc) is 2.77. The van der Waals surface area contributed by atoms with Gasteiger partial charge in [-0.25, -0.2) is 0 Å². The maximum absolute atomic E-state index is 13.0. The van der Waals surface area contributed by atoms with Crippen molar-refractivity contribution >= 4 is 45.7 Å². The number of carbonyl (C=O) groups is 1. The van der Waals surface area contributed by atoms with E-state index in [9.17, 15) is 14.7 Å². The van der Waals surface area contributed by atoms with E-state index in [0.29, 0.717) is 12.1 Å². The SMILES string of the molecule is Cc1cccc(CNC(=O)c2cccc3c(=O)c(O)c(-c4cc(Cl)c(N)c(Cl)c4)[nH]c23)c1. The number of halogens is 2. The van der Waals surface area contributed by atoms with Crippen LogP contribution in [0, 0.1) is 6.92 Å². The van der Waals surface area contributed by atoms with Gasteiger partial charge in [0.2, 0.25) is 5.43 Å². The van der Waals surface area contributed by atoms with Gasteiger partial charge in [-0.05, 0) is 36.8 Å². The van der Waals surface area contributed by atoms with Crippen LogP contribution in [0.5, 0.6) is 5.75 Å². The fourth-order valence-electron chi connectivity index (χ4n) is 3.53. The van der Waals surface area contributed by atoms with Gasteiger partial charge >= 0.3 is 0 Å². The fraction of sp³-hybridized carbons (Fsp3) is 0.0833. The summed E-state index contributed by atoms with van der Waals surface area (Å²) in [6.07, 6.45) is 0. The topological polar surface area (TPSA) is 108 Å². The number of aromatic amines is 1. The Morgan fingerprint density at radius 3 is 2.47 bits per heavy atom. The van der Waals surface area contributed by atoms with Gasteiger partial charge in [0, 0.05) is 12.1 Å². The molecule has 5 N–H and O–H groups in total. The van der Waals surface area contributed by atoms with E-state index in [4.69, 9.17) is 28.9 Å². The number of nitrogens with two attached hydrogens (primary N) is 1. The van der Waals surface area contributed by atoms with Crippen LogP contribution in [0.3, 0.4) is 0 Å². The normalized spacial score (nSPS) is 11.0. The molecule has 0 atom stereocenters. The Hall–Kier alpha value is -3.48. The monoisotopic (exact) mass is 467 g/mol. The number of amides is 1. The molecular formula is C24H19Cl2N3O3. The highest BCUT2D eigenvalue weighted by molar-refractivity contribution is 6.39. The van der Waals surface area contributed by atoms with Gasteiger partial charge in [-0.2, -0.15) is 0 Å². The zero-order valence-electron chi connectivity index (χ0n) is 17.0. The Balaban J connectivity index is 1.79. The zero-order valence-corrected chi connectivity index (χ0v) is 18.5. The highest BCUT2D eigenvalue weighted by Crippen LogP contribution is 2.36. The smallest absolute Gasteiger partial charge is 0.253 e. The number of para-hydroxylation sites is 1. The van der Waals surface area contributed by atoms with Crippen LogP contribution in [0.1, 0.15) is 21.5 Å². The Bertz CT molecular complexity index is 1410. The van der Waals surface area contributed by atoms with Crippen molar-refractivity contribution in [1.82, 2.24) is 10.3 Å². The zero-order chi connectivity index (χ0) is 23.0. The van der Waals surface area contributed by atoms with Crippen molar-refractivity contribution in [2.45, 2.75) is 13.5 Å². The molecule has 1 aromatic heterocycles. The third-order valence-corrected chi connectivity index (χ3v) is 5.78. The molecule has 0 aliphatic rings. The molecule has 0 unspecified atom stereocenters. The maximum Gasteiger partial charge on any atom is 0.253 e. The van der Waals surface area contributed by atoms with Crippen LogP contribution in [-0.2, 0) is 6.54 Å². The number of hydrogen-bond acceptors (Lipinski definition) is 4. The molecule has 1 amide bonds. The lowest BCUT2D eigenvalue weighted by Gasteiger charge is -2.13. The summed E-state index contributed by atoms with van der Waals surface area (Å²) >= 11 is 12.2. The van der Waals surface area contributed by atoms with E-state index in [0.717, 1.165) is 11.1 Å². The van der Waals surface area contributed by atoms with Crippen molar-refractivity contribution in [3.8, 4) is 17.0 Å². The summed E-state index contributed by atoms with van der Waals surface area (Å²) in [7, 11) is 0. The van der Waals surface area contributed by atoms with E-state index >= 15 is 0 Å². The number of fused-ring (bicyclic) bond motifs is 1. The highest BCUT2D eigenvalue weighted by Gasteiger charge is 2.19. The third kappa shape index (κ3) is 4.02. The van der Waals surface area contributed by atoms with Crippen LogP contribution in [0.15, 0.2) is 59.4 Å². The lowest BCUT2D eigenvalue weighted by molar-refractivity contribution is 0.0952. The lowest BCUT2D eigenvalue weighted by atomic mass is 10.0. The average molecular weight is 468 g/mol. The van der Waals surface area contributed by atoms with E-state index in [-0.39, 0.29) is 43.8 Å². The molecule has 162 valence electrons. The molecular weight excluding hydrogens is 449 g/mol. The summed E-state index contributed by atoms with van der Waals surface area (Å²) in [5.41, 5.74) is 8.41. The standard InChI is InChI=1S/C24H19Cl2N3O3/c1-12-4-2-5-13(8-12)11-28-24(32)16-7-3-6-15-21(16)29-20(23(31)22(15)30)14-9-17(25)19(27)18(26)10-14/h2-10,31H,11,27H2,1H3,(H,28,32)(H,29,30). The summed E-state index contributed by atoms with van der Waals surface area (Å²) in [5.74, 6) is -0.871. The number of nitrogens with one attached hydrogen (secondary N) is 2. The number of aromatic nitrogens is 1. The predicted molar refractivity (Wildman–Crippen MR) is 128 cm³/mol. The first-order valence-corrected chi connectivity index (χ1v) is 10.5. The molecule has 32 heavy (non-hydrogen) atoms. The van der Waals surface area contributed by atoms with E-state index in [1.54, 1.807) is 12.1 Å². The number of hydrogen-bond donors (Lipinski definition) is 4. The second-order valence-electron chi connectivity index (χ2n) is 7.43. The first kappa shape index (κ1) is 21.7. The first-order chi connectivity index (χ1) is 15.3. The molecule has 3 aromatic carbocycles. The van der Waals surface area contributed by atoms with Crippen LogP contribution in [-0.4, -0.2) is 16.0 Å². The number of aromatic hydroxyl groups is 1. The van der Waals surface area contributed by atoms with Crippen LogP contribution in [0.25, 0.3) is 22.2 Å². The number of carbonyl (C=O) groups excluding carboxylic acids is 1. The van der Waals surface area contributed by atoms with Gasteiger partial charge in [-0.3, -0.25) is 9.59 Å². The van der Waals surface area contributed by atoms with Crippen molar-refractivity contribution in [3.63, 3.8) is 0 Å². The van der Waals surface area contributed by atoms with E-state index in [1.807, 2.05) is 31.2 Å². The molecule has 1 heterocycles. The summed E-state index contributed by atoms with van der Waals surface area (Å²) in [6, 6.07) is 15.5. The molecule has 0 radical (unpaired) electrons. The molecule has 0 aliphatic carbocycles. The number of aryl methyl sites for hydroxylation is 1. The van der Waals surface area contributed by atoms with Gasteiger partial charge in [0.05, 0.1) is 37.9 Å². The minimum Gasteiger partial charge on any atom is -0.503 e. The lowest BCUT2D eigenvalue weighted by Crippen LogP contribution is -2.23. The molecule has 0 saturated heterocycles. The predicted octanol–water partition coefficient (Wildman–Crippen LogP) is 5.03. The number of H-pyrrole nitrogens is 1. The van der Waals surface area contributed by atoms with Crippen molar-refractivity contribution in [1.29, 1.82) is 0 Å². The summed E-state index contributed by atoms with van der Waals surface area (Å²) < 4.78 is 0. The Morgan fingerprint density at radius 1 is 1.09 bits per heavy atom. The second kappa shape index (κ2) is 8.57. The van der Waals surface area contributed by atoms with E-state index in [2.05, 4.69) is 10.3 Å². The van der Waals surface area contributed by atoms with Crippen LogP contribution in [0.4, 0.5) is 5.69 Å². The van der Waals surface area contributed by atoms with Crippen LogP contribution < -0.4 is 16.5 Å². The Kier molecular flexibility index (Phi) is 5.82. The molecule has 4 rings (SSSR count). The fourth-order valence-corrected chi connectivity index (χ4v) is 4.01. The third-order valence-electron chi connectivity index (χ3n) is 5.16. The number of rotatable bonds is 4. The quantitative estimate of drug-likeness (QED) is 0.315. The van der Waals surface area contributed by atoms with E-state index in [1.165, 1.54) is 18.2 Å². The van der Waals surface area contributed by atoms with Gasteiger partial charge in [0.1, 0.15) is 0 Å². The second-order valence-corrected chi connectivity index (χ2v) is 8.25. The molecule has 0 aliphatic heterocycles. The molecule has 8 heteroatoms. The van der Waals surface area contributed by atoms with Gasteiger partial charge in [-0.15, -0.1) is 0 Å². The van der Waals surface area contributed by atoms with Crippen LogP contribution in [0.2, 0.25) is 10.0 Å². The Morgan fingerprint density at radius 2 is 1.78 bits per heavy atom. The van der Waals surface area contributed by atoms with Crippen molar-refractivity contribution < 1.29 is 9.90 Å². The van der Waals surface area contributed by atoms with Gasteiger partial charge in [-0.1, -0.05) is 59.1 Å². The van der Waals surface area contributed by atoms with Crippen LogP contribution >= 0.6 is 23.2 Å². The van der Waals surface area contributed by atoms with Gasteiger partial charge in [0.15, 0.2) is 5.75 Å². The summed E-state index contributed by atoms with van der Waals surface area (Å²) in [5, 5.41) is 14.0. The molecule has 0 fully saturated rings. The van der Waals surface area contributed by atoms with Gasteiger partial charge in [0.25, 0.3) is 5.91 Å². The molecule has 0 saturated carbocycles. The summed E-state index contributed by atoms with van der Waals surface area (Å²) in [4.78, 5) is 28.8.